The molecule has 0 unspecified atom stereocenters. The van der Waals surface area contributed by atoms with Crippen LogP contribution in [0.3, 0.4) is 0 Å². The summed E-state index contributed by atoms with van der Waals surface area (Å²) in [5.41, 5.74) is 1.49. The number of benzene rings is 1. The highest BCUT2D eigenvalue weighted by atomic mass is 127. The lowest BCUT2D eigenvalue weighted by Gasteiger charge is -2.16. The Labute approximate surface area is 182 Å². The molecule has 1 aliphatic carbocycles. The summed E-state index contributed by atoms with van der Waals surface area (Å²) in [5, 5.41) is 6.51. The number of nitrogens with zero attached hydrogens (tertiary/aromatic N) is 1. The lowest BCUT2D eigenvalue weighted by atomic mass is 9.96. The number of halogens is 2. The monoisotopic (exact) mass is 558 g/mol. The minimum atomic E-state index is -3.12. The molecule has 0 bridgehead atoms. The molecule has 1 fully saturated rings. The number of sulfonamides is 1. The highest BCUT2D eigenvalue weighted by Crippen LogP contribution is 2.48. The summed E-state index contributed by atoms with van der Waals surface area (Å²) in [6.07, 6.45) is 4.19. The van der Waals surface area contributed by atoms with Gasteiger partial charge in [0.1, 0.15) is 0 Å². The second-order valence-electron chi connectivity index (χ2n) is 6.43. The number of aliphatic imine (C=N–C) groups is 1. The number of guanidine groups is 1. The van der Waals surface area contributed by atoms with E-state index in [4.69, 9.17) is 4.99 Å². The summed E-state index contributed by atoms with van der Waals surface area (Å²) in [5.74, 6) is 0.781. The van der Waals surface area contributed by atoms with Crippen LogP contribution in [0.2, 0.25) is 0 Å². The van der Waals surface area contributed by atoms with Crippen LogP contribution in [0.4, 0.5) is 0 Å². The van der Waals surface area contributed by atoms with E-state index in [0.717, 1.165) is 36.4 Å². The van der Waals surface area contributed by atoms with Crippen molar-refractivity contribution in [3.8, 4) is 0 Å². The number of hydrogen-bond acceptors (Lipinski definition) is 3. The number of rotatable bonds is 9. The first-order valence-electron chi connectivity index (χ1n) is 8.57. The molecule has 148 valence electrons. The SMILES string of the molecule is CCNC(=NCC1(c2cccc(Br)c2)CC1)NCCCNS(C)(=O)=O.I. The Morgan fingerprint density at radius 3 is 2.58 bits per heavy atom. The van der Waals surface area contributed by atoms with Crippen molar-refractivity contribution in [1.82, 2.24) is 15.4 Å². The van der Waals surface area contributed by atoms with Crippen molar-refractivity contribution in [2.75, 3.05) is 32.4 Å². The lowest BCUT2D eigenvalue weighted by Crippen LogP contribution is -2.39. The largest absolute Gasteiger partial charge is 0.357 e. The molecule has 0 spiro atoms. The molecule has 1 aromatic carbocycles. The van der Waals surface area contributed by atoms with Gasteiger partial charge in [-0.25, -0.2) is 13.1 Å². The van der Waals surface area contributed by atoms with Crippen LogP contribution in [0.1, 0.15) is 31.7 Å². The fourth-order valence-electron chi connectivity index (χ4n) is 2.63. The predicted molar refractivity (Wildman–Crippen MR) is 122 cm³/mol. The summed E-state index contributed by atoms with van der Waals surface area (Å²) in [6.45, 7) is 4.66. The maximum absolute atomic E-state index is 11.0. The second-order valence-corrected chi connectivity index (χ2v) is 9.18. The maximum Gasteiger partial charge on any atom is 0.208 e. The fourth-order valence-corrected chi connectivity index (χ4v) is 3.55. The molecule has 0 heterocycles. The molecule has 0 radical (unpaired) electrons. The van der Waals surface area contributed by atoms with Crippen molar-refractivity contribution in [3.05, 3.63) is 34.3 Å². The Hall–Kier alpha value is -0.390. The van der Waals surface area contributed by atoms with E-state index < -0.39 is 10.0 Å². The van der Waals surface area contributed by atoms with Crippen LogP contribution >= 0.6 is 39.9 Å². The Kier molecular flexibility index (Phi) is 9.84. The summed E-state index contributed by atoms with van der Waals surface area (Å²) in [7, 11) is -3.12. The first kappa shape index (κ1) is 23.6. The molecule has 9 heteroatoms. The van der Waals surface area contributed by atoms with Crippen LogP contribution in [0.5, 0.6) is 0 Å². The highest BCUT2D eigenvalue weighted by Gasteiger charge is 2.44. The molecule has 26 heavy (non-hydrogen) atoms. The van der Waals surface area contributed by atoms with Gasteiger partial charge in [-0.15, -0.1) is 24.0 Å². The molecule has 1 aromatic rings. The Balaban J connectivity index is 0.00000338. The van der Waals surface area contributed by atoms with Crippen LogP contribution in [0, 0.1) is 0 Å². The van der Waals surface area contributed by atoms with Gasteiger partial charge in [-0.05, 0) is 43.9 Å². The van der Waals surface area contributed by atoms with Crippen LogP contribution in [0.25, 0.3) is 0 Å². The van der Waals surface area contributed by atoms with Crippen LogP contribution < -0.4 is 15.4 Å². The molecule has 0 amide bonds. The van der Waals surface area contributed by atoms with Crippen LogP contribution in [-0.4, -0.2) is 46.8 Å². The zero-order valence-corrected chi connectivity index (χ0v) is 20.0. The van der Waals surface area contributed by atoms with Crippen molar-refractivity contribution in [3.63, 3.8) is 0 Å². The van der Waals surface area contributed by atoms with Gasteiger partial charge in [0, 0.05) is 29.5 Å². The molecule has 6 nitrogen and oxygen atoms in total. The molecule has 0 aromatic heterocycles. The summed E-state index contributed by atoms with van der Waals surface area (Å²) >= 11 is 3.54. The van der Waals surface area contributed by atoms with Crippen molar-refractivity contribution < 1.29 is 8.42 Å². The quantitative estimate of drug-likeness (QED) is 0.188. The van der Waals surface area contributed by atoms with Gasteiger partial charge in [0.15, 0.2) is 5.96 Å². The van der Waals surface area contributed by atoms with E-state index in [2.05, 4.69) is 49.5 Å². The van der Waals surface area contributed by atoms with Gasteiger partial charge >= 0.3 is 0 Å². The van der Waals surface area contributed by atoms with Crippen molar-refractivity contribution in [2.24, 2.45) is 4.99 Å². The molecule has 2 rings (SSSR count). The second kappa shape index (κ2) is 10.8. The van der Waals surface area contributed by atoms with E-state index in [1.54, 1.807) is 0 Å². The van der Waals surface area contributed by atoms with E-state index in [-0.39, 0.29) is 29.4 Å². The smallest absolute Gasteiger partial charge is 0.208 e. The normalized spacial score (nSPS) is 15.9. The minimum Gasteiger partial charge on any atom is -0.357 e. The van der Waals surface area contributed by atoms with Crippen molar-refractivity contribution in [1.29, 1.82) is 0 Å². The third-order valence-corrected chi connectivity index (χ3v) is 5.41. The average molecular weight is 559 g/mol. The molecule has 1 saturated carbocycles. The molecule has 1 aliphatic rings. The third-order valence-electron chi connectivity index (χ3n) is 4.18. The molecule has 0 aliphatic heterocycles. The van der Waals surface area contributed by atoms with E-state index in [1.165, 1.54) is 11.8 Å². The maximum atomic E-state index is 11.0. The van der Waals surface area contributed by atoms with Gasteiger partial charge in [0.2, 0.25) is 10.0 Å². The standard InChI is InChI=1S/C17H27BrN4O2S.HI/c1-3-19-16(20-10-5-11-22-25(2,23)24)21-13-17(8-9-17)14-6-4-7-15(18)12-14;/h4,6-7,12,22H,3,5,8-11,13H2,1-2H3,(H2,19,20,21);1H. The lowest BCUT2D eigenvalue weighted by molar-refractivity contribution is 0.584. The van der Waals surface area contributed by atoms with E-state index in [0.29, 0.717) is 19.5 Å². The van der Waals surface area contributed by atoms with Crippen LogP contribution in [-0.2, 0) is 15.4 Å². The minimum absolute atomic E-state index is 0. The zero-order valence-electron chi connectivity index (χ0n) is 15.2. The molecular weight excluding hydrogens is 531 g/mol. The Morgan fingerprint density at radius 2 is 2.00 bits per heavy atom. The first-order valence-corrected chi connectivity index (χ1v) is 11.3. The predicted octanol–water partition coefficient (Wildman–Crippen LogP) is 2.59. The molecule has 3 N–H and O–H groups in total. The van der Waals surface area contributed by atoms with Gasteiger partial charge in [-0.3, -0.25) is 4.99 Å². The summed E-state index contributed by atoms with van der Waals surface area (Å²) < 4.78 is 25.7. The third kappa shape index (κ3) is 8.10. The van der Waals surface area contributed by atoms with Crippen molar-refractivity contribution >= 4 is 55.9 Å². The van der Waals surface area contributed by atoms with Crippen molar-refractivity contribution in [2.45, 2.75) is 31.6 Å². The Bertz CT molecular complexity index is 708. The average Bonchev–Trinajstić information content (AvgIpc) is 3.32. The number of nitrogens with one attached hydrogen (secondary N) is 3. The van der Waals surface area contributed by atoms with Gasteiger partial charge in [-0.1, -0.05) is 28.1 Å². The van der Waals surface area contributed by atoms with E-state index in [9.17, 15) is 8.42 Å². The molecule has 0 atom stereocenters. The van der Waals surface area contributed by atoms with Crippen LogP contribution in [0.15, 0.2) is 33.7 Å². The highest BCUT2D eigenvalue weighted by molar-refractivity contribution is 14.0. The van der Waals surface area contributed by atoms with Gasteiger partial charge in [-0.2, -0.15) is 0 Å². The fraction of sp³-hybridized carbons (Fsp3) is 0.588. The molecule has 0 saturated heterocycles. The molecular formula is C17H28BrIN4O2S. The summed E-state index contributed by atoms with van der Waals surface area (Å²) in [6, 6.07) is 8.46. The van der Waals surface area contributed by atoms with E-state index >= 15 is 0 Å². The first-order chi connectivity index (χ1) is 11.8. The van der Waals surface area contributed by atoms with Gasteiger partial charge in [0.05, 0.1) is 12.8 Å². The van der Waals surface area contributed by atoms with Gasteiger partial charge in [0.25, 0.3) is 0 Å². The zero-order chi connectivity index (χ0) is 18.3. The van der Waals surface area contributed by atoms with Gasteiger partial charge < -0.3 is 10.6 Å². The summed E-state index contributed by atoms with van der Waals surface area (Å²) in [4.78, 5) is 4.74. The Morgan fingerprint density at radius 1 is 1.27 bits per heavy atom. The van der Waals surface area contributed by atoms with E-state index in [1.807, 2.05) is 13.0 Å². The number of hydrogen-bond donors (Lipinski definition) is 3. The topological polar surface area (TPSA) is 82.6 Å².